The highest BCUT2D eigenvalue weighted by Crippen LogP contribution is 2.19. The van der Waals surface area contributed by atoms with Crippen molar-refractivity contribution in [2.75, 3.05) is 5.32 Å². The largest absolute Gasteiger partial charge is 0.381 e. The Labute approximate surface area is 118 Å². The van der Waals surface area contributed by atoms with Crippen LogP contribution in [0.1, 0.15) is 11.1 Å². The van der Waals surface area contributed by atoms with E-state index in [0.717, 1.165) is 9.26 Å². The summed E-state index contributed by atoms with van der Waals surface area (Å²) in [5, 5.41) is 3.03. The van der Waals surface area contributed by atoms with Crippen LogP contribution in [0, 0.1) is 22.1 Å². The Morgan fingerprint density at radius 1 is 1.11 bits per heavy atom. The Bertz CT molecular complexity index is 549. The summed E-state index contributed by atoms with van der Waals surface area (Å²) in [7, 11) is 0. The van der Waals surface area contributed by atoms with E-state index in [2.05, 4.69) is 27.9 Å². The lowest BCUT2D eigenvalue weighted by Crippen LogP contribution is -2.04. The average Bonchev–Trinajstić information content (AvgIpc) is 2.33. The first-order valence-corrected chi connectivity index (χ1v) is 6.58. The van der Waals surface area contributed by atoms with Crippen molar-refractivity contribution in [1.82, 2.24) is 0 Å². The first-order chi connectivity index (χ1) is 8.58. The van der Waals surface area contributed by atoms with E-state index >= 15 is 0 Å². The summed E-state index contributed by atoms with van der Waals surface area (Å²) in [6.45, 7) is 2.15. The van der Waals surface area contributed by atoms with Gasteiger partial charge >= 0.3 is 0 Å². The number of hydrogen-bond acceptors (Lipinski definition) is 1. The number of aryl methyl sites for hydroxylation is 1. The zero-order chi connectivity index (χ0) is 13.1. The predicted molar refractivity (Wildman–Crippen MR) is 77.6 cm³/mol. The van der Waals surface area contributed by atoms with Gasteiger partial charge in [0.15, 0.2) is 0 Å². The van der Waals surface area contributed by atoms with Crippen LogP contribution in [0.5, 0.6) is 0 Å². The Morgan fingerprint density at radius 3 is 2.39 bits per heavy atom. The monoisotopic (exact) mass is 359 g/mol. The first-order valence-electron chi connectivity index (χ1n) is 5.51. The van der Waals surface area contributed by atoms with Gasteiger partial charge in [-0.15, -0.1) is 0 Å². The number of rotatable bonds is 3. The van der Waals surface area contributed by atoms with Crippen LogP contribution in [0.4, 0.5) is 14.5 Å². The van der Waals surface area contributed by atoms with E-state index in [9.17, 15) is 8.78 Å². The third-order valence-corrected chi connectivity index (χ3v) is 3.87. The van der Waals surface area contributed by atoms with Gasteiger partial charge in [0, 0.05) is 21.4 Å². The second-order valence-corrected chi connectivity index (χ2v) is 5.18. The molecule has 0 aliphatic rings. The minimum absolute atomic E-state index is 0.0630. The van der Waals surface area contributed by atoms with E-state index < -0.39 is 11.6 Å². The molecule has 0 aliphatic carbocycles. The van der Waals surface area contributed by atoms with Crippen LogP contribution in [0.2, 0.25) is 0 Å². The SMILES string of the molecule is Cc1ccc(NCc2c(F)cccc2F)cc1I. The van der Waals surface area contributed by atoms with Gasteiger partial charge in [-0.25, -0.2) is 8.78 Å². The van der Waals surface area contributed by atoms with Gasteiger partial charge in [0.25, 0.3) is 0 Å². The van der Waals surface area contributed by atoms with E-state index in [-0.39, 0.29) is 12.1 Å². The van der Waals surface area contributed by atoms with E-state index in [1.165, 1.54) is 23.8 Å². The van der Waals surface area contributed by atoms with Gasteiger partial charge in [-0.1, -0.05) is 12.1 Å². The summed E-state index contributed by atoms with van der Waals surface area (Å²) >= 11 is 2.23. The molecule has 0 saturated carbocycles. The normalized spacial score (nSPS) is 10.4. The molecule has 2 aromatic carbocycles. The van der Waals surface area contributed by atoms with Gasteiger partial charge in [-0.05, 0) is 59.3 Å². The van der Waals surface area contributed by atoms with Gasteiger partial charge in [0.2, 0.25) is 0 Å². The number of hydrogen-bond donors (Lipinski definition) is 1. The van der Waals surface area contributed by atoms with Crippen LogP contribution in [0.15, 0.2) is 36.4 Å². The van der Waals surface area contributed by atoms with Gasteiger partial charge in [-0.2, -0.15) is 0 Å². The minimum atomic E-state index is -0.524. The van der Waals surface area contributed by atoms with Crippen LogP contribution < -0.4 is 5.32 Å². The van der Waals surface area contributed by atoms with E-state index in [4.69, 9.17) is 0 Å². The number of benzene rings is 2. The molecule has 0 unspecified atom stereocenters. The summed E-state index contributed by atoms with van der Waals surface area (Å²) in [4.78, 5) is 0. The fourth-order valence-corrected chi connectivity index (χ4v) is 2.11. The molecule has 94 valence electrons. The molecule has 0 saturated heterocycles. The van der Waals surface area contributed by atoms with E-state index in [0.29, 0.717) is 0 Å². The molecular weight excluding hydrogens is 347 g/mol. The standard InChI is InChI=1S/C14H12F2IN/c1-9-5-6-10(7-14(9)17)18-8-11-12(15)3-2-4-13(11)16/h2-7,18H,8H2,1H3. The van der Waals surface area contributed by atoms with Crippen molar-refractivity contribution in [3.8, 4) is 0 Å². The van der Waals surface area contributed by atoms with Gasteiger partial charge in [0.05, 0.1) is 0 Å². The molecule has 0 atom stereocenters. The quantitative estimate of drug-likeness (QED) is 0.797. The fourth-order valence-electron chi connectivity index (χ4n) is 1.59. The van der Waals surface area contributed by atoms with Crippen molar-refractivity contribution < 1.29 is 8.78 Å². The second-order valence-electron chi connectivity index (χ2n) is 4.02. The fraction of sp³-hybridized carbons (Fsp3) is 0.143. The van der Waals surface area contributed by atoms with Crippen LogP contribution >= 0.6 is 22.6 Å². The molecule has 0 fully saturated rings. The van der Waals surface area contributed by atoms with Crippen molar-refractivity contribution in [3.05, 3.63) is 62.7 Å². The van der Waals surface area contributed by atoms with Crippen molar-refractivity contribution >= 4 is 28.3 Å². The van der Waals surface area contributed by atoms with Crippen molar-refractivity contribution in [1.29, 1.82) is 0 Å². The summed E-state index contributed by atoms with van der Waals surface area (Å²) in [6, 6.07) is 9.72. The molecule has 0 aliphatic heterocycles. The van der Waals surface area contributed by atoms with Crippen molar-refractivity contribution in [3.63, 3.8) is 0 Å². The molecule has 4 heteroatoms. The smallest absolute Gasteiger partial charge is 0.131 e. The van der Waals surface area contributed by atoms with Crippen molar-refractivity contribution in [2.24, 2.45) is 0 Å². The Kier molecular flexibility index (Phi) is 4.16. The maximum atomic E-state index is 13.4. The van der Waals surface area contributed by atoms with Gasteiger partial charge < -0.3 is 5.32 Å². The van der Waals surface area contributed by atoms with E-state index in [1.54, 1.807) is 0 Å². The third-order valence-electron chi connectivity index (χ3n) is 2.70. The Hall–Kier alpha value is -1.17. The predicted octanol–water partition coefficient (Wildman–Crippen LogP) is 4.49. The molecule has 0 spiro atoms. The van der Waals surface area contributed by atoms with Crippen LogP contribution in [0.3, 0.4) is 0 Å². The van der Waals surface area contributed by atoms with Crippen LogP contribution in [0.25, 0.3) is 0 Å². The number of nitrogens with one attached hydrogen (secondary N) is 1. The highest BCUT2D eigenvalue weighted by atomic mass is 127. The maximum absolute atomic E-state index is 13.4. The summed E-state index contributed by atoms with van der Waals surface area (Å²) < 4.78 is 27.9. The lowest BCUT2D eigenvalue weighted by atomic mass is 10.2. The zero-order valence-corrected chi connectivity index (χ0v) is 12.0. The molecule has 0 amide bonds. The Morgan fingerprint density at radius 2 is 1.78 bits per heavy atom. The molecule has 0 aromatic heterocycles. The van der Waals surface area contributed by atoms with E-state index in [1.807, 2.05) is 25.1 Å². The molecular formula is C14H12F2IN. The highest BCUT2D eigenvalue weighted by molar-refractivity contribution is 14.1. The molecule has 1 N–H and O–H groups in total. The van der Waals surface area contributed by atoms with Crippen LogP contribution in [-0.4, -0.2) is 0 Å². The second kappa shape index (κ2) is 5.65. The highest BCUT2D eigenvalue weighted by Gasteiger charge is 2.07. The average molecular weight is 359 g/mol. The molecule has 18 heavy (non-hydrogen) atoms. The lowest BCUT2D eigenvalue weighted by Gasteiger charge is -2.09. The van der Waals surface area contributed by atoms with Gasteiger partial charge in [-0.3, -0.25) is 0 Å². The third kappa shape index (κ3) is 2.98. The molecule has 2 aromatic rings. The topological polar surface area (TPSA) is 12.0 Å². The van der Waals surface area contributed by atoms with Gasteiger partial charge in [0.1, 0.15) is 11.6 Å². The maximum Gasteiger partial charge on any atom is 0.131 e. The summed E-state index contributed by atoms with van der Waals surface area (Å²) in [5.41, 5.74) is 2.10. The summed E-state index contributed by atoms with van der Waals surface area (Å²) in [6.07, 6.45) is 0. The van der Waals surface area contributed by atoms with Crippen LogP contribution in [-0.2, 0) is 6.54 Å². The molecule has 0 heterocycles. The zero-order valence-electron chi connectivity index (χ0n) is 9.81. The summed E-state index contributed by atoms with van der Waals surface area (Å²) in [5.74, 6) is -1.05. The molecule has 2 rings (SSSR count). The number of halogens is 3. The Balaban J connectivity index is 2.14. The lowest BCUT2D eigenvalue weighted by molar-refractivity contribution is 0.560. The molecule has 1 nitrogen and oxygen atoms in total. The number of anilines is 1. The molecule has 0 radical (unpaired) electrons. The molecule has 0 bridgehead atoms. The van der Waals surface area contributed by atoms with Crippen molar-refractivity contribution in [2.45, 2.75) is 13.5 Å². The minimum Gasteiger partial charge on any atom is -0.381 e. The first kappa shape index (κ1) is 13.3.